The molecule has 0 bridgehead atoms. The number of thiazole rings is 1. The molecule has 7 heteroatoms. The van der Waals surface area contributed by atoms with Gasteiger partial charge < -0.3 is 9.84 Å². The van der Waals surface area contributed by atoms with Crippen molar-refractivity contribution in [2.45, 2.75) is 39.7 Å². The van der Waals surface area contributed by atoms with Crippen molar-refractivity contribution in [3.63, 3.8) is 0 Å². The Labute approximate surface area is 219 Å². The van der Waals surface area contributed by atoms with Crippen LogP contribution in [0.25, 0.3) is 16.0 Å². The summed E-state index contributed by atoms with van der Waals surface area (Å²) in [5, 5.41) is 11.8. The SMILES string of the molecule is CCOc1ccc(/C(O)=C2\C(=O)C(=O)N(c3nc4ccc(C)cc4s3)C2c2ccc(C(C)C)cc2)cc1. The molecule has 1 aliphatic rings. The average Bonchev–Trinajstić information content (AvgIpc) is 3.42. The van der Waals surface area contributed by atoms with Crippen molar-refractivity contribution in [2.24, 2.45) is 0 Å². The van der Waals surface area contributed by atoms with Crippen LogP contribution in [0.5, 0.6) is 5.75 Å². The number of fused-ring (bicyclic) bond motifs is 1. The van der Waals surface area contributed by atoms with Gasteiger partial charge in [0.1, 0.15) is 11.5 Å². The Bertz CT molecular complexity index is 1520. The highest BCUT2D eigenvalue weighted by Crippen LogP contribution is 2.44. The van der Waals surface area contributed by atoms with Crippen molar-refractivity contribution >= 4 is 44.1 Å². The van der Waals surface area contributed by atoms with Crippen molar-refractivity contribution in [3.8, 4) is 5.75 Å². The van der Waals surface area contributed by atoms with Gasteiger partial charge >= 0.3 is 5.91 Å². The second kappa shape index (κ2) is 9.82. The van der Waals surface area contributed by atoms with E-state index in [2.05, 4.69) is 13.8 Å². The molecule has 1 aromatic heterocycles. The lowest BCUT2D eigenvalue weighted by Crippen LogP contribution is -2.29. The van der Waals surface area contributed by atoms with Crippen molar-refractivity contribution in [1.29, 1.82) is 0 Å². The maximum Gasteiger partial charge on any atom is 0.301 e. The van der Waals surface area contributed by atoms with Gasteiger partial charge in [0.05, 0.1) is 28.4 Å². The van der Waals surface area contributed by atoms with E-state index in [4.69, 9.17) is 9.72 Å². The van der Waals surface area contributed by atoms with Gasteiger partial charge in [-0.05, 0) is 72.9 Å². The molecule has 1 atom stereocenters. The van der Waals surface area contributed by atoms with Crippen LogP contribution in [0.1, 0.15) is 55.0 Å². The van der Waals surface area contributed by atoms with Crippen molar-refractivity contribution in [1.82, 2.24) is 4.98 Å². The Morgan fingerprint density at radius 3 is 2.41 bits per heavy atom. The Morgan fingerprint density at radius 1 is 1.05 bits per heavy atom. The molecule has 0 spiro atoms. The van der Waals surface area contributed by atoms with Gasteiger partial charge in [-0.1, -0.05) is 55.5 Å². The zero-order valence-electron chi connectivity index (χ0n) is 21.2. The van der Waals surface area contributed by atoms with E-state index in [1.165, 1.54) is 16.2 Å². The molecular weight excluding hydrogens is 484 g/mol. The molecule has 4 aromatic rings. The zero-order valence-corrected chi connectivity index (χ0v) is 22.0. The summed E-state index contributed by atoms with van der Waals surface area (Å²) in [6.45, 7) is 8.62. The molecule has 2 heterocycles. The molecule has 1 unspecified atom stereocenters. The second-order valence-electron chi connectivity index (χ2n) is 9.42. The maximum absolute atomic E-state index is 13.5. The summed E-state index contributed by atoms with van der Waals surface area (Å²) in [5.41, 5.74) is 4.19. The first-order valence-corrected chi connectivity index (χ1v) is 13.1. The number of anilines is 1. The number of nitrogens with zero attached hydrogens (tertiary/aromatic N) is 2. The van der Waals surface area contributed by atoms with E-state index < -0.39 is 17.7 Å². The molecule has 1 fully saturated rings. The molecule has 1 aliphatic heterocycles. The molecule has 5 rings (SSSR count). The van der Waals surface area contributed by atoms with E-state index in [-0.39, 0.29) is 11.3 Å². The number of aryl methyl sites for hydroxylation is 1. The summed E-state index contributed by atoms with van der Waals surface area (Å²) in [6, 6.07) is 19.8. The number of ketones is 1. The van der Waals surface area contributed by atoms with Gasteiger partial charge in [-0.15, -0.1) is 0 Å². The van der Waals surface area contributed by atoms with Crippen LogP contribution in [0.2, 0.25) is 0 Å². The van der Waals surface area contributed by atoms with Crippen molar-refractivity contribution in [3.05, 3.63) is 94.6 Å². The number of Topliss-reactive ketones (excluding diaryl/α,β-unsaturated/α-hetero) is 1. The predicted molar refractivity (Wildman–Crippen MR) is 147 cm³/mol. The summed E-state index contributed by atoms with van der Waals surface area (Å²) < 4.78 is 6.43. The second-order valence-corrected chi connectivity index (χ2v) is 10.4. The minimum Gasteiger partial charge on any atom is -0.507 e. The van der Waals surface area contributed by atoms with E-state index in [9.17, 15) is 14.7 Å². The Morgan fingerprint density at radius 2 is 1.76 bits per heavy atom. The molecule has 188 valence electrons. The highest BCUT2D eigenvalue weighted by Gasteiger charge is 2.48. The smallest absolute Gasteiger partial charge is 0.301 e. The zero-order chi connectivity index (χ0) is 26.3. The lowest BCUT2D eigenvalue weighted by atomic mass is 9.93. The van der Waals surface area contributed by atoms with E-state index in [1.54, 1.807) is 24.3 Å². The van der Waals surface area contributed by atoms with Gasteiger partial charge in [0.25, 0.3) is 5.78 Å². The van der Waals surface area contributed by atoms with Crippen LogP contribution >= 0.6 is 11.3 Å². The average molecular weight is 513 g/mol. The fraction of sp³-hybridized carbons (Fsp3) is 0.233. The first-order valence-electron chi connectivity index (χ1n) is 12.3. The van der Waals surface area contributed by atoms with Gasteiger partial charge in [-0.3, -0.25) is 14.5 Å². The van der Waals surface area contributed by atoms with Gasteiger partial charge in [-0.2, -0.15) is 0 Å². The lowest BCUT2D eigenvalue weighted by molar-refractivity contribution is -0.132. The van der Waals surface area contributed by atoms with Crippen LogP contribution in [-0.4, -0.2) is 28.4 Å². The predicted octanol–water partition coefficient (Wildman–Crippen LogP) is 6.75. The van der Waals surface area contributed by atoms with Crippen molar-refractivity contribution in [2.75, 3.05) is 11.5 Å². The first-order chi connectivity index (χ1) is 17.8. The van der Waals surface area contributed by atoms with Crippen LogP contribution in [0, 0.1) is 6.92 Å². The first kappa shape index (κ1) is 24.7. The van der Waals surface area contributed by atoms with Gasteiger partial charge in [0.15, 0.2) is 5.13 Å². The number of rotatable bonds is 6. The number of aliphatic hydroxyl groups excluding tert-OH is 1. The van der Waals surface area contributed by atoms with Crippen LogP contribution in [0.4, 0.5) is 5.13 Å². The van der Waals surface area contributed by atoms with Crippen LogP contribution < -0.4 is 9.64 Å². The number of ether oxygens (including phenoxy) is 1. The van der Waals surface area contributed by atoms with Crippen LogP contribution in [-0.2, 0) is 9.59 Å². The summed E-state index contributed by atoms with van der Waals surface area (Å²) in [6.07, 6.45) is 0. The third-order valence-corrected chi connectivity index (χ3v) is 7.56. The topological polar surface area (TPSA) is 79.7 Å². The van der Waals surface area contributed by atoms with Crippen molar-refractivity contribution < 1.29 is 19.4 Å². The molecule has 1 N–H and O–H groups in total. The molecule has 0 aliphatic carbocycles. The highest BCUT2D eigenvalue weighted by molar-refractivity contribution is 7.22. The number of carbonyl (C=O) groups excluding carboxylic acids is 2. The van der Waals surface area contributed by atoms with E-state index in [0.717, 1.165) is 26.9 Å². The molecule has 6 nitrogen and oxygen atoms in total. The summed E-state index contributed by atoms with van der Waals surface area (Å²) in [4.78, 5) is 33.0. The summed E-state index contributed by atoms with van der Waals surface area (Å²) in [7, 11) is 0. The largest absolute Gasteiger partial charge is 0.507 e. The molecular formula is C30H28N2O4S. The number of carbonyl (C=O) groups is 2. The third-order valence-electron chi connectivity index (χ3n) is 6.54. The molecule has 1 amide bonds. The van der Waals surface area contributed by atoms with Gasteiger partial charge in [0.2, 0.25) is 0 Å². The normalized spacial score (nSPS) is 17.2. The molecule has 0 saturated carbocycles. The number of aromatic nitrogens is 1. The Hall–Kier alpha value is -3.97. The number of benzene rings is 3. The molecule has 37 heavy (non-hydrogen) atoms. The van der Waals surface area contributed by atoms with Gasteiger partial charge in [-0.25, -0.2) is 4.98 Å². The third kappa shape index (κ3) is 4.51. The summed E-state index contributed by atoms with van der Waals surface area (Å²) in [5.74, 6) is -0.679. The number of hydrogen-bond donors (Lipinski definition) is 1. The lowest BCUT2D eigenvalue weighted by Gasteiger charge is -2.23. The minimum absolute atomic E-state index is 0.0434. The highest BCUT2D eigenvalue weighted by atomic mass is 32.1. The monoisotopic (exact) mass is 512 g/mol. The maximum atomic E-state index is 13.5. The number of amides is 1. The standard InChI is InChI=1S/C30H28N2O4S/c1-5-36-22-13-11-21(12-14-22)27(33)25-26(20-9-7-19(8-10-20)17(2)3)32(29(35)28(25)34)30-31-23-15-6-18(4)16-24(23)37-30/h6-17,26,33H,5H2,1-4H3/b27-25+. The molecule has 1 saturated heterocycles. The molecule has 0 radical (unpaired) electrons. The van der Waals surface area contributed by atoms with Crippen LogP contribution in [0.15, 0.2) is 72.3 Å². The van der Waals surface area contributed by atoms with Gasteiger partial charge in [0, 0.05) is 5.56 Å². The fourth-order valence-corrected chi connectivity index (χ4v) is 5.65. The van der Waals surface area contributed by atoms with E-state index >= 15 is 0 Å². The molecule has 3 aromatic carbocycles. The minimum atomic E-state index is -0.811. The van der Waals surface area contributed by atoms with Crippen LogP contribution in [0.3, 0.4) is 0 Å². The number of hydrogen-bond acceptors (Lipinski definition) is 6. The quantitative estimate of drug-likeness (QED) is 0.176. The Balaban J connectivity index is 1.68. The number of aliphatic hydroxyl groups is 1. The Kier molecular flexibility index (Phi) is 6.56. The fourth-order valence-electron chi connectivity index (χ4n) is 4.56. The van der Waals surface area contributed by atoms with E-state index in [1.807, 2.05) is 56.3 Å². The van der Waals surface area contributed by atoms with E-state index in [0.29, 0.717) is 29.0 Å². The summed E-state index contributed by atoms with van der Waals surface area (Å²) >= 11 is 1.36.